The molecule has 0 unspecified atom stereocenters. The van der Waals surface area contributed by atoms with E-state index in [4.69, 9.17) is 22.1 Å². The number of halogens is 1. The van der Waals surface area contributed by atoms with Crippen LogP contribution in [-0.4, -0.2) is 19.9 Å². The molecule has 2 aromatic heterocycles. The largest absolute Gasteiger partial charge is 0.437 e. The van der Waals surface area contributed by atoms with E-state index in [9.17, 15) is 0 Å². The molecule has 3 N–H and O–H groups in total. The fraction of sp³-hybridized carbons (Fsp3) is 0.0833. The number of rotatable bonds is 3. The SMILES string of the molecule is NCc1ccc(Oc2ncnc3nc[nH]c23)cc1Cl. The lowest BCUT2D eigenvalue weighted by Gasteiger charge is -2.07. The molecule has 0 fully saturated rings. The van der Waals surface area contributed by atoms with Gasteiger partial charge in [-0.2, -0.15) is 4.98 Å². The van der Waals surface area contributed by atoms with Crippen LogP contribution in [0.3, 0.4) is 0 Å². The Balaban J connectivity index is 1.97. The molecule has 0 amide bonds. The summed E-state index contributed by atoms with van der Waals surface area (Å²) >= 11 is 6.08. The van der Waals surface area contributed by atoms with Crippen molar-refractivity contribution in [3.05, 3.63) is 41.4 Å². The van der Waals surface area contributed by atoms with Gasteiger partial charge in [0.25, 0.3) is 0 Å². The molecule has 0 aliphatic carbocycles. The summed E-state index contributed by atoms with van der Waals surface area (Å²) in [6, 6.07) is 5.31. The van der Waals surface area contributed by atoms with Gasteiger partial charge in [-0.25, -0.2) is 9.97 Å². The molecule has 1 aromatic carbocycles. The summed E-state index contributed by atoms with van der Waals surface area (Å²) in [5.74, 6) is 0.982. The number of nitrogens with zero attached hydrogens (tertiary/aromatic N) is 3. The lowest BCUT2D eigenvalue weighted by Crippen LogP contribution is -1.97. The lowest BCUT2D eigenvalue weighted by molar-refractivity contribution is 0.467. The van der Waals surface area contributed by atoms with Crippen molar-refractivity contribution in [1.82, 2.24) is 19.9 Å². The molecule has 19 heavy (non-hydrogen) atoms. The van der Waals surface area contributed by atoms with Gasteiger partial charge in [-0.3, -0.25) is 0 Å². The maximum Gasteiger partial charge on any atom is 0.248 e. The van der Waals surface area contributed by atoms with Gasteiger partial charge in [-0.05, 0) is 17.7 Å². The molecule has 0 bridgehead atoms. The monoisotopic (exact) mass is 275 g/mol. The van der Waals surface area contributed by atoms with Crippen LogP contribution < -0.4 is 10.5 Å². The summed E-state index contributed by atoms with van der Waals surface area (Å²) in [7, 11) is 0. The molecular formula is C12H10ClN5O. The molecule has 3 rings (SSSR count). The Labute approximate surface area is 113 Å². The van der Waals surface area contributed by atoms with Gasteiger partial charge in [0.2, 0.25) is 5.88 Å². The van der Waals surface area contributed by atoms with Crippen LogP contribution >= 0.6 is 11.6 Å². The Hall–Kier alpha value is -2.18. The Kier molecular flexibility index (Phi) is 3.02. The van der Waals surface area contributed by atoms with E-state index in [1.54, 1.807) is 12.1 Å². The predicted molar refractivity (Wildman–Crippen MR) is 71.1 cm³/mol. The van der Waals surface area contributed by atoms with E-state index in [-0.39, 0.29) is 0 Å². The minimum atomic E-state index is 0.386. The number of nitrogens with one attached hydrogen (secondary N) is 1. The first kappa shape index (κ1) is 11.9. The highest BCUT2D eigenvalue weighted by Gasteiger charge is 2.09. The number of aromatic nitrogens is 4. The molecule has 0 atom stereocenters. The number of aromatic amines is 1. The number of benzene rings is 1. The average molecular weight is 276 g/mol. The Morgan fingerprint density at radius 3 is 2.95 bits per heavy atom. The van der Waals surface area contributed by atoms with Crippen LogP contribution in [0, 0.1) is 0 Å². The fourth-order valence-corrected chi connectivity index (χ4v) is 1.94. The van der Waals surface area contributed by atoms with E-state index in [1.165, 1.54) is 12.7 Å². The third-order valence-electron chi connectivity index (χ3n) is 2.65. The van der Waals surface area contributed by atoms with Gasteiger partial charge in [0.1, 0.15) is 17.6 Å². The van der Waals surface area contributed by atoms with Gasteiger partial charge in [0.15, 0.2) is 5.65 Å². The molecule has 0 aliphatic rings. The standard InChI is InChI=1S/C12H10ClN5O/c13-9-3-8(2-1-7(9)4-14)19-12-10-11(16-5-15-10)17-6-18-12/h1-3,5-6H,4,14H2,(H,15,16,17,18). The molecule has 96 valence electrons. The second kappa shape index (κ2) is 4.83. The molecule has 0 saturated carbocycles. The predicted octanol–water partition coefficient (Wildman–Crippen LogP) is 2.26. The second-order valence-electron chi connectivity index (χ2n) is 3.84. The number of H-pyrrole nitrogens is 1. The molecule has 0 radical (unpaired) electrons. The van der Waals surface area contributed by atoms with E-state index in [0.29, 0.717) is 34.4 Å². The zero-order chi connectivity index (χ0) is 13.2. The Morgan fingerprint density at radius 2 is 2.16 bits per heavy atom. The van der Waals surface area contributed by atoms with Crippen LogP contribution in [0.25, 0.3) is 11.2 Å². The van der Waals surface area contributed by atoms with Gasteiger partial charge in [-0.15, -0.1) is 0 Å². The van der Waals surface area contributed by atoms with Crippen molar-refractivity contribution < 1.29 is 4.74 Å². The zero-order valence-corrected chi connectivity index (χ0v) is 10.6. The first-order valence-electron chi connectivity index (χ1n) is 5.58. The third kappa shape index (κ3) is 2.23. The van der Waals surface area contributed by atoms with E-state index >= 15 is 0 Å². The lowest BCUT2D eigenvalue weighted by atomic mass is 10.2. The summed E-state index contributed by atoms with van der Waals surface area (Å²) in [4.78, 5) is 15.1. The molecule has 7 heteroatoms. The maximum absolute atomic E-state index is 6.08. The summed E-state index contributed by atoms with van der Waals surface area (Å²) in [6.07, 6.45) is 2.94. The van der Waals surface area contributed by atoms with Gasteiger partial charge < -0.3 is 15.5 Å². The molecule has 2 heterocycles. The van der Waals surface area contributed by atoms with Crippen molar-refractivity contribution in [2.75, 3.05) is 0 Å². The molecule has 6 nitrogen and oxygen atoms in total. The molecule has 0 saturated heterocycles. The number of ether oxygens (including phenoxy) is 1. The van der Waals surface area contributed by atoms with Crippen molar-refractivity contribution in [1.29, 1.82) is 0 Å². The van der Waals surface area contributed by atoms with Crippen LogP contribution in [0.4, 0.5) is 0 Å². The van der Waals surface area contributed by atoms with E-state index < -0.39 is 0 Å². The van der Waals surface area contributed by atoms with E-state index in [1.807, 2.05) is 6.07 Å². The average Bonchev–Trinajstić information content (AvgIpc) is 2.88. The van der Waals surface area contributed by atoms with Crippen LogP contribution in [-0.2, 0) is 6.54 Å². The van der Waals surface area contributed by atoms with Crippen molar-refractivity contribution in [2.24, 2.45) is 5.73 Å². The second-order valence-corrected chi connectivity index (χ2v) is 4.25. The van der Waals surface area contributed by atoms with E-state index in [0.717, 1.165) is 5.56 Å². The summed E-state index contributed by atoms with van der Waals surface area (Å²) < 4.78 is 5.68. The van der Waals surface area contributed by atoms with Crippen LogP contribution in [0.1, 0.15) is 5.56 Å². The summed E-state index contributed by atoms with van der Waals surface area (Å²) in [5, 5.41) is 0.565. The third-order valence-corrected chi connectivity index (χ3v) is 3.00. The van der Waals surface area contributed by atoms with Gasteiger partial charge in [0, 0.05) is 11.6 Å². The Morgan fingerprint density at radius 1 is 1.26 bits per heavy atom. The smallest absolute Gasteiger partial charge is 0.248 e. The first-order valence-corrected chi connectivity index (χ1v) is 5.96. The minimum Gasteiger partial charge on any atom is -0.437 e. The maximum atomic E-state index is 6.08. The van der Waals surface area contributed by atoms with Crippen LogP contribution in [0.2, 0.25) is 5.02 Å². The number of hydrogen-bond donors (Lipinski definition) is 2. The Bertz CT molecular complexity index is 727. The van der Waals surface area contributed by atoms with Crippen molar-refractivity contribution in [3.63, 3.8) is 0 Å². The summed E-state index contributed by atoms with van der Waals surface area (Å²) in [5.41, 5.74) is 7.61. The van der Waals surface area contributed by atoms with Crippen molar-refractivity contribution in [2.45, 2.75) is 6.54 Å². The first-order chi connectivity index (χ1) is 9.28. The topological polar surface area (TPSA) is 89.7 Å². The van der Waals surface area contributed by atoms with E-state index in [2.05, 4.69) is 19.9 Å². The normalized spacial score (nSPS) is 10.8. The highest BCUT2D eigenvalue weighted by molar-refractivity contribution is 6.31. The number of fused-ring (bicyclic) bond motifs is 1. The van der Waals surface area contributed by atoms with Crippen LogP contribution in [0.15, 0.2) is 30.9 Å². The highest BCUT2D eigenvalue weighted by Crippen LogP contribution is 2.28. The minimum absolute atomic E-state index is 0.386. The van der Waals surface area contributed by atoms with Crippen molar-refractivity contribution in [3.8, 4) is 11.6 Å². The zero-order valence-electron chi connectivity index (χ0n) is 9.80. The quantitative estimate of drug-likeness (QED) is 0.765. The highest BCUT2D eigenvalue weighted by atomic mass is 35.5. The summed E-state index contributed by atoms with van der Waals surface area (Å²) in [6.45, 7) is 0.386. The molecule has 3 aromatic rings. The fourth-order valence-electron chi connectivity index (χ4n) is 1.69. The molecule has 0 aliphatic heterocycles. The molecular weight excluding hydrogens is 266 g/mol. The number of nitrogens with two attached hydrogens (primary N) is 1. The van der Waals surface area contributed by atoms with Gasteiger partial charge in [0.05, 0.1) is 6.33 Å². The van der Waals surface area contributed by atoms with Gasteiger partial charge in [-0.1, -0.05) is 17.7 Å². The van der Waals surface area contributed by atoms with Crippen molar-refractivity contribution >= 4 is 22.8 Å². The van der Waals surface area contributed by atoms with Gasteiger partial charge >= 0.3 is 0 Å². The number of imidazole rings is 1. The van der Waals surface area contributed by atoms with Crippen LogP contribution in [0.5, 0.6) is 11.6 Å². The number of hydrogen-bond acceptors (Lipinski definition) is 5. The molecule has 0 spiro atoms.